The zero-order valence-electron chi connectivity index (χ0n) is 21.0. The number of benzene rings is 3. The van der Waals surface area contributed by atoms with E-state index in [2.05, 4.69) is 4.57 Å². The Kier molecular flexibility index (Phi) is 6.53. The third-order valence-corrected chi connectivity index (χ3v) is 6.71. The molecule has 4 aromatic rings. The van der Waals surface area contributed by atoms with Crippen molar-refractivity contribution in [2.75, 3.05) is 18.6 Å². The van der Waals surface area contributed by atoms with Crippen molar-refractivity contribution in [3.8, 4) is 11.4 Å². The van der Waals surface area contributed by atoms with Gasteiger partial charge in [0.25, 0.3) is 5.91 Å². The summed E-state index contributed by atoms with van der Waals surface area (Å²) in [6, 6.07) is 24.4. The number of carbonyl (C=O) groups excluding carboxylic acids is 2. The zero-order valence-corrected chi connectivity index (χ0v) is 21.0. The fourth-order valence-electron chi connectivity index (χ4n) is 4.86. The number of amides is 2. The maximum Gasteiger partial charge on any atom is 0.257 e. The Bertz CT molecular complexity index is 1440. The normalized spacial score (nSPS) is 14.2. The summed E-state index contributed by atoms with van der Waals surface area (Å²) in [5.41, 5.74) is 3.38. The SMILES string of the molecule is COc1ccc(C2c3cccn3-c3ccccc3N2C(=O)CN(C(=O)c2ccccc2F)C(C)C)cc1. The van der Waals surface area contributed by atoms with Crippen LogP contribution in [0.2, 0.25) is 0 Å². The monoisotopic (exact) mass is 497 g/mol. The van der Waals surface area contributed by atoms with Crippen molar-refractivity contribution >= 4 is 17.5 Å². The summed E-state index contributed by atoms with van der Waals surface area (Å²) in [4.78, 5) is 30.7. The number of hydrogen-bond acceptors (Lipinski definition) is 3. The van der Waals surface area contributed by atoms with E-state index >= 15 is 0 Å². The lowest BCUT2D eigenvalue weighted by Crippen LogP contribution is -2.48. The molecule has 2 amide bonds. The number of halogens is 1. The number of aromatic nitrogens is 1. The highest BCUT2D eigenvalue weighted by atomic mass is 19.1. The zero-order chi connectivity index (χ0) is 26.1. The predicted molar refractivity (Wildman–Crippen MR) is 141 cm³/mol. The fourth-order valence-corrected chi connectivity index (χ4v) is 4.86. The van der Waals surface area contributed by atoms with Gasteiger partial charge in [0, 0.05) is 12.2 Å². The minimum absolute atomic E-state index is 0.0522. The van der Waals surface area contributed by atoms with Gasteiger partial charge in [-0.25, -0.2) is 4.39 Å². The average Bonchev–Trinajstić information content (AvgIpc) is 3.41. The molecule has 1 aliphatic rings. The molecule has 1 unspecified atom stereocenters. The Balaban J connectivity index is 1.58. The van der Waals surface area contributed by atoms with Crippen molar-refractivity contribution in [2.24, 2.45) is 0 Å². The number of fused-ring (bicyclic) bond motifs is 3. The van der Waals surface area contributed by atoms with Crippen LogP contribution in [0.5, 0.6) is 5.75 Å². The summed E-state index contributed by atoms with van der Waals surface area (Å²) in [7, 11) is 1.61. The summed E-state index contributed by atoms with van der Waals surface area (Å²) in [6.45, 7) is 3.44. The van der Waals surface area contributed by atoms with Gasteiger partial charge >= 0.3 is 0 Å². The molecule has 0 spiro atoms. The van der Waals surface area contributed by atoms with Crippen LogP contribution in [0.1, 0.15) is 41.5 Å². The number of ether oxygens (including phenoxy) is 1. The summed E-state index contributed by atoms with van der Waals surface area (Å²) < 4.78 is 21.9. The number of rotatable bonds is 6. The molecule has 0 radical (unpaired) electrons. The smallest absolute Gasteiger partial charge is 0.257 e. The largest absolute Gasteiger partial charge is 0.497 e. The first-order chi connectivity index (χ1) is 17.9. The van der Waals surface area contributed by atoms with Gasteiger partial charge in [-0.15, -0.1) is 0 Å². The number of para-hydroxylation sites is 2. The van der Waals surface area contributed by atoms with E-state index in [0.29, 0.717) is 0 Å². The third-order valence-electron chi connectivity index (χ3n) is 6.71. The second kappa shape index (κ2) is 9.93. The summed E-state index contributed by atoms with van der Waals surface area (Å²) in [6.07, 6.45) is 1.98. The van der Waals surface area contributed by atoms with E-state index in [1.165, 1.54) is 23.1 Å². The molecule has 1 atom stereocenters. The first-order valence-corrected chi connectivity index (χ1v) is 12.2. The summed E-state index contributed by atoms with van der Waals surface area (Å²) >= 11 is 0. The third kappa shape index (κ3) is 4.37. The van der Waals surface area contributed by atoms with E-state index in [9.17, 15) is 14.0 Å². The van der Waals surface area contributed by atoms with Crippen LogP contribution in [0.4, 0.5) is 10.1 Å². The average molecular weight is 498 g/mol. The Labute approximate surface area is 215 Å². The number of methoxy groups -OCH3 is 1. The molecule has 0 bridgehead atoms. The van der Waals surface area contributed by atoms with Crippen LogP contribution in [-0.4, -0.2) is 41.0 Å². The van der Waals surface area contributed by atoms with Crippen molar-refractivity contribution in [3.63, 3.8) is 0 Å². The molecule has 0 aliphatic carbocycles. The molecule has 0 saturated carbocycles. The Morgan fingerprint density at radius 3 is 2.27 bits per heavy atom. The first kappa shape index (κ1) is 24.3. The highest BCUT2D eigenvalue weighted by Gasteiger charge is 2.37. The number of carbonyl (C=O) groups is 2. The van der Waals surface area contributed by atoms with Gasteiger partial charge in [-0.1, -0.05) is 36.4 Å². The predicted octanol–water partition coefficient (Wildman–Crippen LogP) is 5.61. The molecule has 7 heteroatoms. The lowest BCUT2D eigenvalue weighted by atomic mass is 9.97. The topological polar surface area (TPSA) is 54.8 Å². The van der Waals surface area contributed by atoms with Crippen molar-refractivity contribution < 1.29 is 18.7 Å². The van der Waals surface area contributed by atoms with E-state index in [4.69, 9.17) is 4.74 Å². The minimum atomic E-state index is -0.608. The Morgan fingerprint density at radius 2 is 1.59 bits per heavy atom. The summed E-state index contributed by atoms with van der Waals surface area (Å²) in [5.74, 6) is -0.673. The second-order valence-electron chi connectivity index (χ2n) is 9.24. The van der Waals surface area contributed by atoms with Gasteiger partial charge in [-0.3, -0.25) is 14.5 Å². The number of anilines is 1. The fraction of sp³-hybridized carbons (Fsp3) is 0.200. The molecule has 188 valence electrons. The van der Waals surface area contributed by atoms with Gasteiger partial charge in [-0.2, -0.15) is 0 Å². The maximum absolute atomic E-state index is 14.5. The molecule has 0 saturated heterocycles. The van der Waals surface area contributed by atoms with Crippen LogP contribution < -0.4 is 9.64 Å². The molecule has 6 nitrogen and oxygen atoms in total. The van der Waals surface area contributed by atoms with E-state index in [1.54, 1.807) is 18.1 Å². The molecular formula is C30H28FN3O3. The van der Waals surface area contributed by atoms with Crippen LogP contribution in [0.15, 0.2) is 91.1 Å². The quantitative estimate of drug-likeness (QED) is 0.348. The van der Waals surface area contributed by atoms with E-state index in [0.717, 1.165) is 28.4 Å². The molecule has 1 aliphatic heterocycles. The van der Waals surface area contributed by atoms with Crippen molar-refractivity contribution in [1.29, 1.82) is 0 Å². The summed E-state index contributed by atoms with van der Waals surface area (Å²) in [5, 5.41) is 0. The molecule has 0 fully saturated rings. The van der Waals surface area contributed by atoms with Crippen LogP contribution in [0.3, 0.4) is 0 Å². The number of hydrogen-bond donors (Lipinski definition) is 0. The highest BCUT2D eigenvalue weighted by Crippen LogP contribution is 2.42. The van der Waals surface area contributed by atoms with Gasteiger partial charge in [-0.05, 0) is 67.9 Å². The number of nitrogens with zero attached hydrogens (tertiary/aromatic N) is 3. The molecule has 37 heavy (non-hydrogen) atoms. The Morgan fingerprint density at radius 1 is 0.919 bits per heavy atom. The molecule has 1 aromatic heterocycles. The van der Waals surface area contributed by atoms with Crippen molar-refractivity contribution in [1.82, 2.24) is 9.47 Å². The minimum Gasteiger partial charge on any atom is -0.497 e. The van der Waals surface area contributed by atoms with Crippen molar-refractivity contribution in [3.05, 3.63) is 114 Å². The molecule has 0 N–H and O–H groups in total. The Hall–Kier alpha value is -4.39. The van der Waals surface area contributed by atoms with E-state index in [1.807, 2.05) is 80.7 Å². The molecular weight excluding hydrogens is 469 g/mol. The van der Waals surface area contributed by atoms with Crippen LogP contribution in [-0.2, 0) is 4.79 Å². The lowest BCUT2D eigenvalue weighted by Gasteiger charge is -2.40. The van der Waals surface area contributed by atoms with E-state index < -0.39 is 17.8 Å². The van der Waals surface area contributed by atoms with Crippen LogP contribution in [0.25, 0.3) is 5.69 Å². The molecule has 3 aromatic carbocycles. The molecule has 5 rings (SSSR count). The second-order valence-corrected chi connectivity index (χ2v) is 9.24. The molecule has 2 heterocycles. The first-order valence-electron chi connectivity index (χ1n) is 12.2. The van der Waals surface area contributed by atoms with Crippen LogP contribution in [0, 0.1) is 5.82 Å². The van der Waals surface area contributed by atoms with Crippen LogP contribution >= 0.6 is 0 Å². The highest BCUT2D eigenvalue weighted by molar-refractivity contribution is 6.02. The van der Waals surface area contributed by atoms with Gasteiger partial charge in [0.1, 0.15) is 24.2 Å². The van der Waals surface area contributed by atoms with E-state index in [-0.39, 0.29) is 24.1 Å². The van der Waals surface area contributed by atoms with Gasteiger partial charge in [0.15, 0.2) is 0 Å². The van der Waals surface area contributed by atoms with Gasteiger partial charge < -0.3 is 14.2 Å². The van der Waals surface area contributed by atoms with Gasteiger partial charge in [0.2, 0.25) is 5.91 Å². The maximum atomic E-state index is 14.5. The lowest BCUT2D eigenvalue weighted by molar-refractivity contribution is -0.120. The van der Waals surface area contributed by atoms with Crippen molar-refractivity contribution in [2.45, 2.75) is 25.9 Å². The standard InChI is InChI=1S/C30H28FN3O3/c1-20(2)33(30(36)23-9-4-5-10-24(23)31)19-28(35)34-26-12-7-6-11-25(26)32-18-8-13-27(32)29(34)21-14-16-22(37-3)17-15-21/h4-18,20,29H,19H2,1-3H3. The van der Waals surface area contributed by atoms with Gasteiger partial charge in [0.05, 0.1) is 29.7 Å².